The zero-order valence-electron chi connectivity index (χ0n) is 17.0. The minimum atomic E-state index is 0.349. The summed E-state index contributed by atoms with van der Waals surface area (Å²) in [5.74, 6) is 1.22. The van der Waals surface area contributed by atoms with Crippen molar-refractivity contribution in [1.82, 2.24) is 15.1 Å². The molecule has 1 aromatic heterocycles. The van der Waals surface area contributed by atoms with Crippen LogP contribution in [-0.4, -0.2) is 22.9 Å². The van der Waals surface area contributed by atoms with Crippen LogP contribution in [-0.2, 0) is 6.54 Å². The second kappa shape index (κ2) is 8.44. The Hall–Kier alpha value is -2.56. The topological polar surface area (TPSA) is 39.1 Å². The van der Waals surface area contributed by atoms with Crippen molar-refractivity contribution in [3.8, 4) is 11.4 Å². The van der Waals surface area contributed by atoms with Gasteiger partial charge in [-0.3, -0.25) is 0 Å². The molecule has 1 aliphatic rings. The van der Waals surface area contributed by atoms with Crippen LogP contribution in [0.1, 0.15) is 34.9 Å². The SMILES string of the molecule is COc1ccc(-n2nc(C)c([C@H]3C=C[C@@H](NCc4cccc(Cl)c4)C3)c2C)cc1. The van der Waals surface area contributed by atoms with Gasteiger partial charge in [0.25, 0.3) is 0 Å². The summed E-state index contributed by atoms with van der Waals surface area (Å²) in [6.45, 7) is 5.06. The number of aromatic nitrogens is 2. The van der Waals surface area contributed by atoms with Gasteiger partial charge in [0.1, 0.15) is 5.75 Å². The van der Waals surface area contributed by atoms with Gasteiger partial charge in [-0.1, -0.05) is 35.9 Å². The number of benzene rings is 2. The Labute approximate surface area is 177 Å². The van der Waals surface area contributed by atoms with E-state index in [1.54, 1.807) is 7.11 Å². The first kappa shape index (κ1) is 19.7. The second-order valence-corrected chi connectivity index (χ2v) is 7.98. The molecule has 0 radical (unpaired) electrons. The van der Waals surface area contributed by atoms with Crippen molar-refractivity contribution in [3.63, 3.8) is 0 Å². The van der Waals surface area contributed by atoms with Crippen LogP contribution >= 0.6 is 11.6 Å². The van der Waals surface area contributed by atoms with E-state index in [1.807, 2.05) is 47.1 Å². The first-order valence-electron chi connectivity index (χ1n) is 9.92. The number of hydrogen-bond donors (Lipinski definition) is 1. The molecule has 0 saturated heterocycles. The summed E-state index contributed by atoms with van der Waals surface area (Å²) < 4.78 is 7.30. The van der Waals surface area contributed by atoms with Gasteiger partial charge in [-0.15, -0.1) is 0 Å². The van der Waals surface area contributed by atoms with E-state index in [4.69, 9.17) is 21.4 Å². The van der Waals surface area contributed by atoms with E-state index in [0.717, 1.165) is 35.1 Å². The molecule has 1 heterocycles. The maximum atomic E-state index is 6.09. The first-order valence-corrected chi connectivity index (χ1v) is 10.3. The van der Waals surface area contributed by atoms with Crippen LogP contribution in [0.4, 0.5) is 0 Å². The predicted molar refractivity (Wildman–Crippen MR) is 118 cm³/mol. The summed E-state index contributed by atoms with van der Waals surface area (Å²) in [6, 6.07) is 16.4. The van der Waals surface area contributed by atoms with Crippen molar-refractivity contribution in [2.24, 2.45) is 0 Å². The molecule has 0 fully saturated rings. The molecule has 0 saturated carbocycles. The minimum absolute atomic E-state index is 0.349. The van der Waals surface area contributed by atoms with E-state index < -0.39 is 0 Å². The summed E-state index contributed by atoms with van der Waals surface area (Å²) >= 11 is 6.09. The van der Waals surface area contributed by atoms with Crippen LogP contribution in [0, 0.1) is 13.8 Å². The zero-order valence-corrected chi connectivity index (χ0v) is 17.8. The number of methoxy groups -OCH3 is 1. The zero-order chi connectivity index (χ0) is 20.4. The van der Waals surface area contributed by atoms with Gasteiger partial charge >= 0.3 is 0 Å². The maximum absolute atomic E-state index is 6.09. The maximum Gasteiger partial charge on any atom is 0.119 e. The predicted octanol–water partition coefficient (Wildman–Crippen LogP) is 5.35. The molecule has 1 N–H and O–H groups in total. The van der Waals surface area contributed by atoms with Gasteiger partial charge in [0.05, 0.1) is 18.5 Å². The summed E-state index contributed by atoms with van der Waals surface area (Å²) in [6.07, 6.45) is 5.63. The molecule has 3 aromatic rings. The van der Waals surface area contributed by atoms with Gasteiger partial charge in [0, 0.05) is 34.8 Å². The lowest BCUT2D eigenvalue weighted by Gasteiger charge is -2.15. The highest BCUT2D eigenvalue weighted by Crippen LogP contribution is 2.34. The van der Waals surface area contributed by atoms with E-state index in [2.05, 4.69) is 37.4 Å². The molecule has 2 aromatic carbocycles. The second-order valence-electron chi connectivity index (χ2n) is 7.54. The molecule has 29 heavy (non-hydrogen) atoms. The van der Waals surface area contributed by atoms with Crippen LogP contribution in [0.25, 0.3) is 5.69 Å². The Balaban J connectivity index is 1.46. The lowest BCUT2D eigenvalue weighted by atomic mass is 9.96. The van der Waals surface area contributed by atoms with E-state index in [1.165, 1.54) is 16.8 Å². The summed E-state index contributed by atoms with van der Waals surface area (Å²) in [7, 11) is 1.68. The van der Waals surface area contributed by atoms with E-state index in [0.29, 0.717) is 12.0 Å². The fourth-order valence-corrected chi connectivity index (χ4v) is 4.34. The van der Waals surface area contributed by atoms with Gasteiger partial charge in [-0.25, -0.2) is 4.68 Å². The van der Waals surface area contributed by atoms with Crippen molar-refractivity contribution in [1.29, 1.82) is 0 Å². The summed E-state index contributed by atoms with van der Waals surface area (Å²) in [5.41, 5.74) is 5.86. The van der Waals surface area contributed by atoms with Crippen molar-refractivity contribution >= 4 is 11.6 Å². The lowest BCUT2D eigenvalue weighted by Crippen LogP contribution is -2.25. The summed E-state index contributed by atoms with van der Waals surface area (Å²) in [4.78, 5) is 0. The summed E-state index contributed by atoms with van der Waals surface area (Å²) in [5, 5.41) is 9.22. The Kier molecular flexibility index (Phi) is 5.74. The minimum Gasteiger partial charge on any atom is -0.497 e. The van der Waals surface area contributed by atoms with Crippen molar-refractivity contribution in [3.05, 3.63) is 88.2 Å². The molecule has 2 atom stereocenters. The van der Waals surface area contributed by atoms with Gasteiger partial charge in [-0.05, 0) is 62.2 Å². The number of nitrogens with one attached hydrogen (secondary N) is 1. The normalized spacial score (nSPS) is 18.3. The van der Waals surface area contributed by atoms with Crippen LogP contribution in [0.3, 0.4) is 0 Å². The largest absolute Gasteiger partial charge is 0.497 e. The smallest absolute Gasteiger partial charge is 0.119 e. The molecule has 0 amide bonds. The van der Waals surface area contributed by atoms with Crippen molar-refractivity contribution in [2.45, 2.75) is 38.8 Å². The Morgan fingerprint density at radius 3 is 2.66 bits per heavy atom. The Bertz CT molecular complexity index is 1020. The third-order valence-electron chi connectivity index (χ3n) is 5.58. The van der Waals surface area contributed by atoms with Gasteiger partial charge in [0.2, 0.25) is 0 Å². The van der Waals surface area contributed by atoms with E-state index >= 15 is 0 Å². The third-order valence-corrected chi connectivity index (χ3v) is 5.81. The van der Waals surface area contributed by atoms with Crippen molar-refractivity contribution in [2.75, 3.05) is 7.11 Å². The standard InChI is InChI=1S/C24H26ClN3O/c1-16-24(17(2)28(27-16)22-9-11-23(29-3)12-10-22)19-7-8-21(14-19)26-15-18-5-4-6-20(25)13-18/h4-13,19,21,26H,14-15H2,1-3H3/t19-,21+/m0/s1. The molecule has 0 spiro atoms. The average Bonchev–Trinajstić information content (AvgIpc) is 3.30. The molecule has 0 aliphatic heterocycles. The molecule has 4 rings (SSSR count). The fourth-order valence-electron chi connectivity index (χ4n) is 4.13. The molecule has 1 aliphatic carbocycles. The van der Waals surface area contributed by atoms with Crippen LogP contribution < -0.4 is 10.1 Å². The van der Waals surface area contributed by atoms with Gasteiger partial charge in [0.15, 0.2) is 0 Å². The molecular weight excluding hydrogens is 382 g/mol. The fraction of sp³-hybridized carbons (Fsp3) is 0.292. The average molecular weight is 408 g/mol. The first-order chi connectivity index (χ1) is 14.0. The Morgan fingerprint density at radius 2 is 1.93 bits per heavy atom. The number of nitrogens with zero attached hydrogens (tertiary/aromatic N) is 2. The molecular formula is C24H26ClN3O. The number of halogens is 1. The van der Waals surface area contributed by atoms with Crippen LogP contribution in [0.15, 0.2) is 60.7 Å². The monoisotopic (exact) mass is 407 g/mol. The third kappa shape index (κ3) is 4.24. The number of allylic oxidation sites excluding steroid dienone is 1. The van der Waals surface area contributed by atoms with Gasteiger partial charge in [-0.2, -0.15) is 5.10 Å². The van der Waals surface area contributed by atoms with Crippen LogP contribution in [0.5, 0.6) is 5.75 Å². The Morgan fingerprint density at radius 1 is 1.14 bits per heavy atom. The molecule has 0 unspecified atom stereocenters. The van der Waals surface area contributed by atoms with E-state index in [9.17, 15) is 0 Å². The van der Waals surface area contributed by atoms with E-state index in [-0.39, 0.29) is 0 Å². The molecule has 0 bridgehead atoms. The quantitative estimate of drug-likeness (QED) is 0.559. The van der Waals surface area contributed by atoms with Crippen molar-refractivity contribution < 1.29 is 4.74 Å². The van der Waals surface area contributed by atoms with Gasteiger partial charge < -0.3 is 10.1 Å². The molecule has 4 nitrogen and oxygen atoms in total. The highest BCUT2D eigenvalue weighted by Gasteiger charge is 2.26. The lowest BCUT2D eigenvalue weighted by molar-refractivity contribution is 0.414. The molecule has 150 valence electrons. The molecule has 5 heteroatoms. The number of hydrogen-bond acceptors (Lipinski definition) is 3. The van der Waals surface area contributed by atoms with Crippen LogP contribution in [0.2, 0.25) is 5.02 Å². The highest BCUT2D eigenvalue weighted by atomic mass is 35.5. The number of aryl methyl sites for hydroxylation is 1. The number of ether oxygens (including phenoxy) is 1. The highest BCUT2D eigenvalue weighted by molar-refractivity contribution is 6.30. The number of rotatable bonds is 6.